The van der Waals surface area contributed by atoms with Crippen LogP contribution in [0.1, 0.15) is 43.6 Å². The number of alkyl halides is 3. The monoisotopic (exact) mass is 438 g/mol. The SMILES string of the molecule is CC(C)(C)C1(Cc2ccc(C(F)(F)F)cc2)C(c2ccc(F)cc2)OC(=O)N1C(=O)[O-]. The van der Waals surface area contributed by atoms with E-state index in [4.69, 9.17) is 4.74 Å². The summed E-state index contributed by atoms with van der Waals surface area (Å²) < 4.78 is 57.7. The van der Waals surface area contributed by atoms with E-state index in [0.29, 0.717) is 16.0 Å². The number of hydrogen-bond donors (Lipinski definition) is 0. The molecule has 1 saturated heterocycles. The lowest BCUT2D eigenvalue weighted by molar-refractivity contribution is -0.268. The molecule has 0 spiro atoms. The summed E-state index contributed by atoms with van der Waals surface area (Å²) in [6, 6.07) is 9.28. The number of imide groups is 1. The highest BCUT2D eigenvalue weighted by Gasteiger charge is 2.62. The second-order valence-corrected chi connectivity index (χ2v) is 8.46. The van der Waals surface area contributed by atoms with Crippen molar-refractivity contribution in [1.29, 1.82) is 0 Å². The first-order valence-electron chi connectivity index (χ1n) is 9.41. The quantitative estimate of drug-likeness (QED) is 0.651. The van der Waals surface area contributed by atoms with Gasteiger partial charge in [-0.15, -0.1) is 0 Å². The van der Waals surface area contributed by atoms with Gasteiger partial charge < -0.3 is 14.6 Å². The summed E-state index contributed by atoms with van der Waals surface area (Å²) in [6.07, 6.45) is -8.76. The lowest BCUT2D eigenvalue weighted by atomic mass is 9.65. The van der Waals surface area contributed by atoms with Gasteiger partial charge in [0.15, 0.2) is 6.10 Å². The molecule has 1 fully saturated rings. The highest BCUT2D eigenvalue weighted by molar-refractivity contribution is 5.89. The molecule has 5 nitrogen and oxygen atoms in total. The maximum absolute atomic E-state index is 13.4. The topological polar surface area (TPSA) is 69.7 Å². The van der Waals surface area contributed by atoms with E-state index in [1.165, 1.54) is 24.3 Å². The van der Waals surface area contributed by atoms with Crippen molar-refractivity contribution < 1.29 is 37.0 Å². The minimum Gasteiger partial charge on any atom is -0.529 e. The first kappa shape index (κ1) is 22.6. The Bertz CT molecular complexity index is 981. The molecule has 0 aromatic heterocycles. The predicted molar refractivity (Wildman–Crippen MR) is 100 cm³/mol. The Balaban J connectivity index is 2.17. The fraction of sp³-hybridized carbons (Fsp3) is 0.364. The molecule has 9 heteroatoms. The van der Waals surface area contributed by atoms with Crippen LogP contribution in [-0.4, -0.2) is 22.6 Å². The Kier molecular flexibility index (Phi) is 5.50. The summed E-state index contributed by atoms with van der Waals surface area (Å²) in [5, 5.41) is 12.0. The number of carbonyl (C=O) groups is 2. The van der Waals surface area contributed by atoms with Crippen LogP contribution < -0.4 is 5.11 Å². The molecule has 3 rings (SSSR count). The van der Waals surface area contributed by atoms with Gasteiger partial charge in [0.05, 0.1) is 5.56 Å². The van der Waals surface area contributed by atoms with Crippen molar-refractivity contribution in [3.05, 3.63) is 71.0 Å². The lowest BCUT2D eigenvalue weighted by Crippen LogP contribution is -2.63. The van der Waals surface area contributed by atoms with Crippen molar-refractivity contribution >= 4 is 12.2 Å². The molecule has 2 aromatic rings. The van der Waals surface area contributed by atoms with Crippen LogP contribution in [-0.2, 0) is 17.3 Å². The van der Waals surface area contributed by atoms with Crippen LogP contribution in [0.5, 0.6) is 0 Å². The molecule has 0 bridgehead atoms. The fourth-order valence-corrected chi connectivity index (χ4v) is 4.04. The number of nitrogens with zero attached hydrogens (tertiary/aromatic N) is 1. The standard InChI is InChI=1S/C22H21F4NO4/c1-20(2,3)21(12-13-4-8-15(9-5-13)22(24,25)26)17(14-6-10-16(23)11-7-14)31-19(30)27(21)18(28)29/h4-11,17H,12H2,1-3H3,(H,28,29)/p-1. The highest BCUT2D eigenvalue weighted by atomic mass is 19.4. The summed E-state index contributed by atoms with van der Waals surface area (Å²) in [5.74, 6) is -0.533. The van der Waals surface area contributed by atoms with Gasteiger partial charge in [-0.05, 0) is 40.8 Å². The van der Waals surface area contributed by atoms with Crippen molar-refractivity contribution in [1.82, 2.24) is 4.90 Å². The zero-order valence-electron chi connectivity index (χ0n) is 17.0. The first-order chi connectivity index (χ1) is 14.3. The predicted octanol–water partition coefficient (Wildman–Crippen LogP) is 4.71. The molecule has 2 amide bonds. The average Bonchev–Trinajstić information content (AvgIpc) is 2.95. The Morgan fingerprint density at radius 3 is 2.06 bits per heavy atom. The van der Waals surface area contributed by atoms with Gasteiger partial charge >= 0.3 is 12.3 Å². The third-order valence-corrected chi connectivity index (χ3v) is 5.64. The molecule has 166 valence electrons. The minimum atomic E-state index is -4.53. The van der Waals surface area contributed by atoms with Crippen LogP contribution in [0.25, 0.3) is 0 Å². The highest BCUT2D eigenvalue weighted by Crippen LogP contribution is 2.53. The minimum absolute atomic E-state index is 0.142. The Labute approximate surface area is 176 Å². The second-order valence-electron chi connectivity index (χ2n) is 8.46. The normalized spacial score (nSPS) is 21.8. The molecular formula is C22H20F4NO4-. The summed E-state index contributed by atoms with van der Waals surface area (Å²) in [7, 11) is 0. The van der Waals surface area contributed by atoms with Crippen LogP contribution in [0.2, 0.25) is 0 Å². The molecule has 2 aromatic carbocycles. The van der Waals surface area contributed by atoms with Gasteiger partial charge in [0.1, 0.15) is 17.4 Å². The summed E-state index contributed by atoms with van der Waals surface area (Å²) in [6.45, 7) is 5.06. The van der Waals surface area contributed by atoms with Crippen molar-refractivity contribution in [2.45, 2.75) is 45.0 Å². The number of benzene rings is 2. The fourth-order valence-electron chi connectivity index (χ4n) is 4.04. The van der Waals surface area contributed by atoms with Crippen LogP contribution in [0.15, 0.2) is 48.5 Å². The summed E-state index contributed by atoms with van der Waals surface area (Å²) >= 11 is 0. The summed E-state index contributed by atoms with van der Waals surface area (Å²) in [5.41, 5.74) is -2.66. The first-order valence-corrected chi connectivity index (χ1v) is 9.41. The van der Waals surface area contributed by atoms with E-state index in [0.717, 1.165) is 24.3 Å². The van der Waals surface area contributed by atoms with Gasteiger partial charge in [0.25, 0.3) is 0 Å². The van der Waals surface area contributed by atoms with Crippen molar-refractivity contribution in [2.75, 3.05) is 0 Å². The van der Waals surface area contributed by atoms with Gasteiger partial charge in [0, 0.05) is 6.42 Å². The van der Waals surface area contributed by atoms with E-state index in [9.17, 15) is 32.3 Å². The van der Waals surface area contributed by atoms with E-state index in [2.05, 4.69) is 0 Å². The smallest absolute Gasteiger partial charge is 0.416 e. The van der Waals surface area contributed by atoms with Crippen LogP contribution in [0.4, 0.5) is 27.2 Å². The molecule has 31 heavy (non-hydrogen) atoms. The molecule has 0 aliphatic carbocycles. The van der Waals surface area contributed by atoms with E-state index < -0.39 is 46.8 Å². The van der Waals surface area contributed by atoms with E-state index in [1.54, 1.807) is 20.8 Å². The lowest BCUT2D eigenvalue weighted by Gasteiger charge is -2.49. The molecule has 2 unspecified atom stereocenters. The maximum atomic E-state index is 13.4. The number of amides is 2. The van der Waals surface area contributed by atoms with E-state index in [1.807, 2.05) is 0 Å². The number of halogens is 4. The average molecular weight is 438 g/mol. The summed E-state index contributed by atoms with van der Waals surface area (Å²) in [4.78, 5) is 25.0. The number of carboxylic acid groups (broad SMARTS) is 1. The van der Waals surface area contributed by atoms with Crippen molar-refractivity contribution in [3.63, 3.8) is 0 Å². The number of hydrogen-bond acceptors (Lipinski definition) is 4. The van der Waals surface area contributed by atoms with Crippen molar-refractivity contribution in [3.8, 4) is 0 Å². The number of rotatable bonds is 3. The Hall–Kier alpha value is -3.10. The van der Waals surface area contributed by atoms with Crippen LogP contribution in [0.3, 0.4) is 0 Å². The van der Waals surface area contributed by atoms with Gasteiger partial charge in [0.2, 0.25) is 0 Å². The number of carbonyl (C=O) groups excluding carboxylic acids is 2. The zero-order chi connectivity index (χ0) is 23.2. The molecule has 2 atom stereocenters. The third kappa shape index (κ3) is 3.96. The maximum Gasteiger partial charge on any atom is 0.416 e. The van der Waals surface area contributed by atoms with Crippen LogP contribution in [0, 0.1) is 11.2 Å². The molecule has 1 heterocycles. The largest absolute Gasteiger partial charge is 0.529 e. The molecule has 1 aliphatic rings. The number of ether oxygens (including phenoxy) is 1. The van der Waals surface area contributed by atoms with Crippen LogP contribution >= 0.6 is 0 Å². The van der Waals surface area contributed by atoms with E-state index in [-0.39, 0.29) is 6.42 Å². The molecule has 0 radical (unpaired) electrons. The Morgan fingerprint density at radius 1 is 1.06 bits per heavy atom. The molecular weight excluding hydrogens is 418 g/mol. The third-order valence-electron chi connectivity index (χ3n) is 5.64. The zero-order valence-corrected chi connectivity index (χ0v) is 17.0. The van der Waals surface area contributed by atoms with Gasteiger partial charge in [-0.2, -0.15) is 13.2 Å². The molecule has 0 N–H and O–H groups in total. The molecule has 1 aliphatic heterocycles. The van der Waals surface area contributed by atoms with Gasteiger partial charge in [-0.25, -0.2) is 9.18 Å². The number of cyclic esters (lactones) is 1. The van der Waals surface area contributed by atoms with E-state index >= 15 is 0 Å². The second kappa shape index (κ2) is 7.55. The van der Waals surface area contributed by atoms with Gasteiger partial charge in [-0.1, -0.05) is 45.0 Å². The Morgan fingerprint density at radius 2 is 1.61 bits per heavy atom. The van der Waals surface area contributed by atoms with Crippen molar-refractivity contribution in [2.24, 2.45) is 5.41 Å². The van der Waals surface area contributed by atoms with Gasteiger partial charge in [-0.3, -0.25) is 4.90 Å². The molecule has 0 saturated carbocycles.